The van der Waals surface area contributed by atoms with Gasteiger partial charge in [-0.15, -0.1) is 0 Å². The molecule has 0 aliphatic carbocycles. The molecule has 6 nitrogen and oxygen atoms in total. The number of aliphatic hydroxyl groups is 2. The summed E-state index contributed by atoms with van der Waals surface area (Å²) in [7, 11) is 0. The number of aliphatic hydroxyl groups excluding tert-OH is 2. The van der Waals surface area contributed by atoms with Crippen LogP contribution in [0.1, 0.15) is 0 Å². The number of hydrogen-bond donors (Lipinski definition) is 4. The van der Waals surface area contributed by atoms with Crippen LogP contribution in [-0.4, -0.2) is 69.0 Å². The summed E-state index contributed by atoms with van der Waals surface area (Å²) < 4.78 is 0. The van der Waals surface area contributed by atoms with Gasteiger partial charge in [0.15, 0.2) is 12.2 Å². The van der Waals surface area contributed by atoms with Crippen LogP contribution in [-0.2, 0) is 9.59 Å². The summed E-state index contributed by atoms with van der Waals surface area (Å²) in [5.41, 5.74) is 0. The Hall–Kier alpha value is -0.322. The van der Waals surface area contributed by atoms with Gasteiger partial charge in [-0.2, -0.15) is 0 Å². The summed E-state index contributed by atoms with van der Waals surface area (Å²) in [6, 6.07) is 0. The number of rotatable bonds is 3. The first-order valence-electron chi connectivity index (χ1n) is 2.28. The molecule has 0 fully saturated rings. The van der Waals surface area contributed by atoms with Crippen LogP contribution in [0.2, 0.25) is 0 Å². The van der Waals surface area contributed by atoms with Crippen molar-refractivity contribution in [2.75, 3.05) is 0 Å². The molecule has 0 aliphatic heterocycles. The van der Waals surface area contributed by atoms with E-state index in [0.29, 0.717) is 0 Å². The Bertz CT molecular complexity index is 139. The molecule has 2 unspecified atom stereocenters. The molecule has 0 aromatic carbocycles. The van der Waals surface area contributed by atoms with E-state index in [4.69, 9.17) is 20.4 Å². The summed E-state index contributed by atoms with van der Waals surface area (Å²) in [5.74, 6) is -3.54. The third-order valence-corrected chi connectivity index (χ3v) is 0.805. The zero-order valence-electron chi connectivity index (χ0n) is 5.47. The third-order valence-electron chi connectivity index (χ3n) is 0.805. The summed E-state index contributed by atoms with van der Waals surface area (Å²) >= 11 is 0. The number of hydrogen-bond acceptors (Lipinski definition) is 4. The molecule has 0 amide bonds. The Morgan fingerprint density at radius 3 is 1.18 bits per heavy atom. The van der Waals surface area contributed by atoms with E-state index in [9.17, 15) is 9.59 Å². The van der Waals surface area contributed by atoms with Gasteiger partial charge in [0.1, 0.15) is 0 Å². The Labute approximate surface area is 78.9 Å². The van der Waals surface area contributed by atoms with E-state index in [-0.39, 0.29) is 24.4 Å². The van der Waals surface area contributed by atoms with Gasteiger partial charge < -0.3 is 20.4 Å². The van der Waals surface area contributed by atoms with Crippen molar-refractivity contribution in [3.05, 3.63) is 0 Å². The molecule has 11 heavy (non-hydrogen) atoms. The van der Waals surface area contributed by atoms with Crippen LogP contribution in [0, 0.1) is 0 Å². The normalized spacial score (nSPS) is 14.4. The van der Waals surface area contributed by atoms with Gasteiger partial charge in [0.05, 0.1) is 0 Å². The van der Waals surface area contributed by atoms with Gasteiger partial charge in [0, 0.05) is 0 Å². The molecule has 0 aromatic rings. The van der Waals surface area contributed by atoms with Gasteiger partial charge in [-0.3, -0.25) is 0 Å². The standard InChI is InChI=1S/C4H6O6.Sb.3H/c5-1(3(7)8)2(6)4(9)10;;;;/h1-2,5-6H,(H,7,8)(H,9,10);;;;. The van der Waals surface area contributed by atoms with Crippen molar-refractivity contribution in [1.82, 2.24) is 0 Å². The molecule has 0 saturated heterocycles. The molecule has 0 aromatic heterocycles. The molecule has 0 rings (SSSR count). The predicted molar refractivity (Wildman–Crippen MR) is 37.2 cm³/mol. The van der Waals surface area contributed by atoms with Crippen molar-refractivity contribution in [1.29, 1.82) is 0 Å². The molecule has 0 bridgehead atoms. The van der Waals surface area contributed by atoms with Gasteiger partial charge in [0.2, 0.25) is 0 Å². The number of aliphatic carboxylic acids is 2. The van der Waals surface area contributed by atoms with Crippen LogP contribution >= 0.6 is 0 Å². The minimum absolute atomic E-state index is 0. The molecule has 0 saturated carbocycles. The molecular formula is C4H9O6Sb. The average molecular weight is 275 g/mol. The minimum atomic E-state index is -2.27. The molecule has 66 valence electrons. The van der Waals surface area contributed by atoms with Crippen molar-refractivity contribution in [3.63, 3.8) is 0 Å². The van der Waals surface area contributed by atoms with E-state index in [2.05, 4.69) is 0 Å². The third kappa shape index (κ3) is 4.18. The first-order chi connectivity index (χ1) is 4.46. The Morgan fingerprint density at radius 1 is 0.909 bits per heavy atom. The summed E-state index contributed by atoms with van der Waals surface area (Å²) in [4.78, 5) is 19.5. The fourth-order valence-corrected chi connectivity index (χ4v) is 0.270. The zero-order valence-corrected chi connectivity index (χ0v) is 9.50. The van der Waals surface area contributed by atoms with Crippen LogP contribution in [0.15, 0.2) is 0 Å². The fourth-order valence-electron chi connectivity index (χ4n) is 0.270. The number of carboxylic acid groups (broad SMARTS) is 2. The first kappa shape index (κ1) is 13.3. The van der Waals surface area contributed by atoms with Crippen molar-refractivity contribution in [3.8, 4) is 0 Å². The van der Waals surface area contributed by atoms with E-state index in [1.165, 1.54) is 0 Å². The molecule has 4 N–H and O–H groups in total. The summed E-state index contributed by atoms with van der Waals surface area (Å²) in [6.07, 6.45) is -4.53. The molecule has 0 heterocycles. The maximum absolute atomic E-state index is 9.77. The monoisotopic (exact) mass is 274 g/mol. The van der Waals surface area contributed by atoms with Crippen LogP contribution in [0.25, 0.3) is 0 Å². The second-order valence-electron chi connectivity index (χ2n) is 1.57. The average Bonchev–Trinajstić information content (AvgIpc) is 1.84. The van der Waals surface area contributed by atoms with Crippen LogP contribution in [0.4, 0.5) is 0 Å². The predicted octanol–water partition coefficient (Wildman–Crippen LogP) is -3.31. The SMILES string of the molecule is O=C(O)C(O)C(O)C(=O)O.[SbH3]. The Morgan fingerprint density at radius 2 is 1.09 bits per heavy atom. The molecule has 2 atom stereocenters. The molecule has 0 radical (unpaired) electrons. The van der Waals surface area contributed by atoms with Crippen LogP contribution in [0.5, 0.6) is 0 Å². The Balaban J connectivity index is 0. The molecule has 0 spiro atoms. The van der Waals surface area contributed by atoms with Crippen LogP contribution in [0.3, 0.4) is 0 Å². The fraction of sp³-hybridized carbons (Fsp3) is 0.500. The Kier molecular flexibility index (Phi) is 6.45. The van der Waals surface area contributed by atoms with Crippen molar-refractivity contribution in [2.45, 2.75) is 12.2 Å². The van der Waals surface area contributed by atoms with Gasteiger partial charge in [-0.25, -0.2) is 9.59 Å². The van der Waals surface area contributed by atoms with E-state index >= 15 is 0 Å². The topological polar surface area (TPSA) is 115 Å². The van der Waals surface area contributed by atoms with Crippen molar-refractivity contribution < 1.29 is 30.0 Å². The van der Waals surface area contributed by atoms with Crippen molar-refractivity contribution >= 4 is 36.4 Å². The first-order valence-corrected chi connectivity index (χ1v) is 2.28. The summed E-state index contributed by atoms with van der Waals surface area (Å²) in [6.45, 7) is 0. The van der Waals surface area contributed by atoms with Gasteiger partial charge in [0.25, 0.3) is 0 Å². The van der Waals surface area contributed by atoms with Gasteiger partial charge in [-0.05, 0) is 0 Å². The maximum atomic E-state index is 9.77. The van der Waals surface area contributed by atoms with E-state index in [1.807, 2.05) is 0 Å². The van der Waals surface area contributed by atoms with Crippen molar-refractivity contribution in [2.24, 2.45) is 0 Å². The zero-order chi connectivity index (χ0) is 8.31. The quantitative estimate of drug-likeness (QED) is 0.401. The van der Waals surface area contributed by atoms with E-state index < -0.39 is 24.1 Å². The molecular weight excluding hydrogens is 266 g/mol. The van der Waals surface area contributed by atoms with Gasteiger partial charge >= 0.3 is 36.4 Å². The number of carboxylic acids is 2. The summed E-state index contributed by atoms with van der Waals surface area (Å²) in [5, 5.41) is 32.5. The van der Waals surface area contributed by atoms with E-state index in [1.54, 1.807) is 0 Å². The second kappa shape index (κ2) is 5.34. The molecule has 0 aliphatic rings. The van der Waals surface area contributed by atoms with Gasteiger partial charge in [-0.1, -0.05) is 0 Å². The number of carbonyl (C=O) groups is 2. The second-order valence-corrected chi connectivity index (χ2v) is 1.57. The molecule has 7 heteroatoms. The van der Waals surface area contributed by atoms with E-state index in [0.717, 1.165) is 0 Å². The van der Waals surface area contributed by atoms with Crippen LogP contribution < -0.4 is 0 Å².